The Kier molecular flexibility index (Phi) is 3.99. The highest BCUT2D eigenvalue weighted by atomic mass is 32.2. The lowest BCUT2D eigenvalue weighted by Gasteiger charge is -2.13. The second-order valence-electron chi connectivity index (χ2n) is 5.40. The molecule has 2 amide bonds. The molecular formula is C18H12N4O2S. The van der Waals surface area contributed by atoms with E-state index >= 15 is 0 Å². The van der Waals surface area contributed by atoms with Gasteiger partial charge < -0.3 is 5.32 Å². The summed E-state index contributed by atoms with van der Waals surface area (Å²) in [6.07, 6.45) is 4.96. The molecule has 0 radical (unpaired) electrons. The van der Waals surface area contributed by atoms with E-state index in [1.165, 1.54) is 18.0 Å². The summed E-state index contributed by atoms with van der Waals surface area (Å²) in [7, 11) is 0. The van der Waals surface area contributed by atoms with Crippen molar-refractivity contribution in [2.24, 2.45) is 9.98 Å². The zero-order valence-corrected chi connectivity index (χ0v) is 13.7. The minimum Gasteiger partial charge on any atom is -0.322 e. The number of pyridine rings is 1. The summed E-state index contributed by atoms with van der Waals surface area (Å²) < 4.78 is 0. The molecule has 2 aliphatic rings. The van der Waals surface area contributed by atoms with Gasteiger partial charge in [-0.2, -0.15) is 4.99 Å². The summed E-state index contributed by atoms with van der Waals surface area (Å²) in [6.45, 7) is 0. The van der Waals surface area contributed by atoms with Crippen molar-refractivity contribution < 1.29 is 9.59 Å². The van der Waals surface area contributed by atoms with Gasteiger partial charge in [0.05, 0.1) is 11.3 Å². The molecule has 2 aliphatic heterocycles. The number of carbonyl (C=O) groups is 2. The Labute approximate surface area is 147 Å². The number of carbonyl (C=O) groups excluding carboxylic acids is 2. The summed E-state index contributed by atoms with van der Waals surface area (Å²) in [5, 5.41) is 4.35. The lowest BCUT2D eigenvalue weighted by Crippen LogP contribution is -2.27. The lowest BCUT2D eigenvalue weighted by molar-refractivity contribution is -0.116. The van der Waals surface area contributed by atoms with Gasteiger partial charge in [0, 0.05) is 23.6 Å². The maximum atomic E-state index is 12.1. The van der Waals surface area contributed by atoms with E-state index in [2.05, 4.69) is 20.3 Å². The fraction of sp³-hybridized carbons (Fsp3) is 0.0556. The van der Waals surface area contributed by atoms with Crippen LogP contribution >= 0.6 is 11.8 Å². The minimum atomic E-state index is -0.304. The highest BCUT2D eigenvalue weighted by Crippen LogP contribution is 2.27. The van der Waals surface area contributed by atoms with E-state index in [0.717, 1.165) is 11.3 Å². The van der Waals surface area contributed by atoms with Crippen molar-refractivity contribution in [1.82, 2.24) is 4.98 Å². The summed E-state index contributed by atoms with van der Waals surface area (Å²) in [5.74, 6) is -0.0280. The van der Waals surface area contributed by atoms with Crippen LogP contribution in [0, 0.1) is 0 Å². The number of rotatable bonds is 3. The van der Waals surface area contributed by atoms with Crippen LogP contribution in [0.3, 0.4) is 0 Å². The van der Waals surface area contributed by atoms with Crippen molar-refractivity contribution in [2.75, 3.05) is 5.32 Å². The minimum absolute atomic E-state index is 0.191. The van der Waals surface area contributed by atoms with Crippen LogP contribution in [0.2, 0.25) is 0 Å². The largest absolute Gasteiger partial charge is 0.322 e. The molecule has 0 bridgehead atoms. The fourth-order valence-electron chi connectivity index (χ4n) is 2.47. The molecule has 1 aromatic carbocycles. The molecule has 2 aromatic rings. The number of allylic oxidation sites excluding steroid dienone is 1. The first-order valence-electron chi connectivity index (χ1n) is 7.56. The van der Waals surface area contributed by atoms with Crippen LogP contribution in [0.25, 0.3) is 0 Å². The average Bonchev–Trinajstić information content (AvgIpc) is 3.12. The molecule has 0 saturated heterocycles. The zero-order chi connectivity index (χ0) is 17.2. The number of nitrogens with zero attached hydrogens (tertiary/aromatic N) is 3. The van der Waals surface area contributed by atoms with E-state index in [4.69, 9.17) is 0 Å². The lowest BCUT2D eigenvalue weighted by atomic mass is 10.1. The Morgan fingerprint density at radius 2 is 1.96 bits per heavy atom. The van der Waals surface area contributed by atoms with Gasteiger partial charge in [-0.3, -0.25) is 14.6 Å². The van der Waals surface area contributed by atoms with Crippen LogP contribution in [0.1, 0.15) is 15.9 Å². The molecule has 3 heterocycles. The normalized spacial score (nSPS) is 18.4. The Morgan fingerprint density at radius 1 is 1.12 bits per heavy atom. The summed E-state index contributed by atoms with van der Waals surface area (Å²) in [6, 6.07) is 10.5. The standard InChI is InChI=1S/C18H12N4O2S/c23-17(12-2-1-8-19-10-12)20-13-5-3-11(4-6-13)16-21-14-7-9-25-15(14)18(24)22-16/h1-10,15H,(H,20,23). The van der Waals surface area contributed by atoms with Crippen LogP contribution in [0.4, 0.5) is 5.69 Å². The molecule has 122 valence electrons. The molecule has 25 heavy (non-hydrogen) atoms. The monoisotopic (exact) mass is 348 g/mol. The average molecular weight is 348 g/mol. The topological polar surface area (TPSA) is 83.8 Å². The smallest absolute Gasteiger partial charge is 0.267 e. The maximum absolute atomic E-state index is 12.1. The van der Waals surface area contributed by atoms with Crippen LogP contribution in [0.5, 0.6) is 0 Å². The third-order valence-corrected chi connectivity index (χ3v) is 4.73. The SMILES string of the molecule is O=C(Nc1ccc(C2=NC(=O)C3SC=CC3=N2)cc1)c1cccnc1. The van der Waals surface area contributed by atoms with Gasteiger partial charge in [-0.1, -0.05) is 0 Å². The third kappa shape index (κ3) is 3.14. The van der Waals surface area contributed by atoms with Crippen LogP contribution in [-0.2, 0) is 4.79 Å². The van der Waals surface area contributed by atoms with E-state index in [-0.39, 0.29) is 17.1 Å². The number of hydrogen-bond donors (Lipinski definition) is 1. The predicted octanol–water partition coefficient (Wildman–Crippen LogP) is 2.69. The van der Waals surface area contributed by atoms with Crippen molar-refractivity contribution >= 4 is 40.8 Å². The maximum Gasteiger partial charge on any atom is 0.267 e. The first-order valence-corrected chi connectivity index (χ1v) is 8.50. The number of thioether (sulfide) groups is 1. The van der Waals surface area contributed by atoms with Crippen LogP contribution < -0.4 is 5.32 Å². The molecule has 1 atom stereocenters. The van der Waals surface area contributed by atoms with Gasteiger partial charge in [0.25, 0.3) is 11.8 Å². The summed E-state index contributed by atoms with van der Waals surface area (Å²) >= 11 is 1.42. The Balaban J connectivity index is 1.52. The first kappa shape index (κ1) is 15.5. The number of anilines is 1. The Hall–Kier alpha value is -3.06. The highest BCUT2D eigenvalue weighted by Gasteiger charge is 2.30. The van der Waals surface area contributed by atoms with Crippen LogP contribution in [-0.4, -0.2) is 33.6 Å². The number of fused-ring (bicyclic) bond motifs is 1. The van der Waals surface area contributed by atoms with E-state index in [9.17, 15) is 9.59 Å². The van der Waals surface area contributed by atoms with Gasteiger partial charge in [-0.05, 0) is 47.9 Å². The van der Waals surface area contributed by atoms with E-state index in [0.29, 0.717) is 17.1 Å². The first-order chi connectivity index (χ1) is 12.2. The second-order valence-corrected chi connectivity index (χ2v) is 6.42. The summed E-state index contributed by atoms with van der Waals surface area (Å²) in [4.78, 5) is 36.6. The van der Waals surface area contributed by atoms with Gasteiger partial charge in [0.1, 0.15) is 5.25 Å². The number of nitrogens with one attached hydrogen (secondary N) is 1. The van der Waals surface area contributed by atoms with Crippen molar-refractivity contribution in [3.63, 3.8) is 0 Å². The number of amidine groups is 1. The zero-order valence-electron chi connectivity index (χ0n) is 12.9. The molecule has 0 fully saturated rings. The van der Waals surface area contributed by atoms with Crippen molar-refractivity contribution in [1.29, 1.82) is 0 Å². The van der Waals surface area contributed by atoms with Gasteiger partial charge in [-0.25, -0.2) is 4.99 Å². The molecule has 0 saturated carbocycles. The molecule has 7 heteroatoms. The number of aromatic nitrogens is 1. The number of benzene rings is 1. The molecule has 0 aliphatic carbocycles. The molecule has 6 nitrogen and oxygen atoms in total. The molecule has 1 N–H and O–H groups in total. The second kappa shape index (κ2) is 6.45. The fourth-order valence-corrected chi connectivity index (χ4v) is 3.28. The molecule has 4 rings (SSSR count). The number of hydrogen-bond acceptors (Lipinski definition) is 5. The Bertz CT molecular complexity index is 933. The van der Waals surface area contributed by atoms with Gasteiger partial charge in [0.15, 0.2) is 5.84 Å². The van der Waals surface area contributed by atoms with Gasteiger partial charge in [0.2, 0.25) is 0 Å². The predicted molar refractivity (Wildman–Crippen MR) is 98.1 cm³/mol. The molecular weight excluding hydrogens is 336 g/mol. The molecule has 0 spiro atoms. The highest BCUT2D eigenvalue weighted by molar-refractivity contribution is 8.04. The number of amides is 2. The Morgan fingerprint density at radius 3 is 2.72 bits per heavy atom. The summed E-state index contributed by atoms with van der Waals surface area (Å²) in [5.41, 5.74) is 2.58. The van der Waals surface area contributed by atoms with Crippen LogP contribution in [0.15, 0.2) is 70.3 Å². The quantitative estimate of drug-likeness (QED) is 0.924. The molecule has 1 aromatic heterocycles. The molecule has 1 unspecified atom stereocenters. The van der Waals surface area contributed by atoms with E-state index < -0.39 is 0 Å². The van der Waals surface area contributed by atoms with Gasteiger partial charge in [-0.15, -0.1) is 11.8 Å². The number of aliphatic imine (C=N–C) groups is 2. The van der Waals surface area contributed by atoms with E-state index in [1.807, 2.05) is 11.5 Å². The van der Waals surface area contributed by atoms with Crippen molar-refractivity contribution in [3.8, 4) is 0 Å². The third-order valence-electron chi connectivity index (χ3n) is 3.72. The van der Waals surface area contributed by atoms with Crippen molar-refractivity contribution in [2.45, 2.75) is 5.25 Å². The van der Waals surface area contributed by atoms with Crippen molar-refractivity contribution in [3.05, 3.63) is 71.4 Å². The van der Waals surface area contributed by atoms with E-state index in [1.54, 1.807) is 42.6 Å². The van der Waals surface area contributed by atoms with Gasteiger partial charge >= 0.3 is 0 Å².